The maximum absolute atomic E-state index is 12.1. The fourth-order valence-electron chi connectivity index (χ4n) is 2.87. The molecule has 0 aromatic heterocycles. The monoisotopic (exact) mass is 253 g/mol. The van der Waals surface area contributed by atoms with Crippen LogP contribution in [0.5, 0.6) is 0 Å². The number of hydrogen-bond acceptors (Lipinski definition) is 3. The Labute approximate surface area is 108 Å². The van der Waals surface area contributed by atoms with Gasteiger partial charge in [0.1, 0.15) is 0 Å². The third-order valence-electron chi connectivity index (χ3n) is 4.07. The van der Waals surface area contributed by atoms with Crippen molar-refractivity contribution in [2.45, 2.75) is 51.6 Å². The molecule has 18 heavy (non-hydrogen) atoms. The lowest BCUT2D eigenvalue weighted by Crippen LogP contribution is -2.51. The molecular weight excluding hydrogens is 230 g/mol. The molecule has 102 valence electrons. The minimum Gasteiger partial charge on any atom is -0.336 e. The first kappa shape index (κ1) is 13.3. The number of amides is 3. The number of carbonyl (C=O) groups is 2. The Morgan fingerprint density at radius 1 is 1.44 bits per heavy atom. The van der Waals surface area contributed by atoms with Crippen molar-refractivity contribution in [1.29, 1.82) is 0 Å². The fraction of sp³-hybridized carbons (Fsp3) is 0.846. The Kier molecular flexibility index (Phi) is 4.22. The third-order valence-corrected chi connectivity index (χ3v) is 4.07. The highest BCUT2D eigenvalue weighted by Crippen LogP contribution is 2.24. The molecular formula is C13H23N3O2. The van der Waals surface area contributed by atoms with E-state index in [0.717, 1.165) is 6.42 Å². The van der Waals surface area contributed by atoms with Gasteiger partial charge in [-0.05, 0) is 25.7 Å². The summed E-state index contributed by atoms with van der Waals surface area (Å²) in [5.41, 5.74) is 0. The quantitative estimate of drug-likeness (QED) is 0.791. The molecule has 0 aromatic rings. The summed E-state index contributed by atoms with van der Waals surface area (Å²) in [7, 11) is 0. The van der Waals surface area contributed by atoms with Gasteiger partial charge in [-0.2, -0.15) is 0 Å². The van der Waals surface area contributed by atoms with Crippen molar-refractivity contribution >= 4 is 11.9 Å². The van der Waals surface area contributed by atoms with Crippen molar-refractivity contribution in [2.24, 2.45) is 5.92 Å². The lowest BCUT2D eigenvalue weighted by Gasteiger charge is -2.32. The second-order valence-electron chi connectivity index (χ2n) is 5.48. The molecule has 2 aliphatic rings. The summed E-state index contributed by atoms with van der Waals surface area (Å²) in [6.45, 7) is 5.15. The average molecular weight is 253 g/mol. The summed E-state index contributed by atoms with van der Waals surface area (Å²) in [5, 5.41) is 6.05. The van der Waals surface area contributed by atoms with Crippen molar-refractivity contribution in [3.8, 4) is 0 Å². The van der Waals surface area contributed by atoms with E-state index in [0.29, 0.717) is 25.0 Å². The van der Waals surface area contributed by atoms with E-state index < -0.39 is 0 Å². The summed E-state index contributed by atoms with van der Waals surface area (Å²) in [4.78, 5) is 24.9. The molecule has 0 unspecified atom stereocenters. The first-order chi connectivity index (χ1) is 8.59. The Balaban J connectivity index is 1.88. The molecule has 0 spiro atoms. The zero-order valence-corrected chi connectivity index (χ0v) is 11.2. The Morgan fingerprint density at radius 2 is 2.17 bits per heavy atom. The fourth-order valence-corrected chi connectivity index (χ4v) is 2.87. The van der Waals surface area contributed by atoms with Crippen molar-refractivity contribution in [3.05, 3.63) is 0 Å². The Hall–Kier alpha value is -1.10. The van der Waals surface area contributed by atoms with Gasteiger partial charge in [0.05, 0.1) is 6.04 Å². The van der Waals surface area contributed by atoms with Gasteiger partial charge >= 0.3 is 6.03 Å². The number of imide groups is 1. The van der Waals surface area contributed by atoms with Crippen molar-refractivity contribution < 1.29 is 9.59 Å². The van der Waals surface area contributed by atoms with Gasteiger partial charge in [-0.15, -0.1) is 0 Å². The SMILES string of the molecule is C[C@H](N[C@@H]1CCCC[C@@H]1C)C(=O)N1CCNC1=O. The lowest BCUT2D eigenvalue weighted by atomic mass is 9.85. The van der Waals surface area contributed by atoms with Gasteiger partial charge in [0, 0.05) is 19.1 Å². The summed E-state index contributed by atoms with van der Waals surface area (Å²) in [6, 6.07) is -0.131. The van der Waals surface area contributed by atoms with Crippen LogP contribution in [-0.2, 0) is 4.79 Å². The van der Waals surface area contributed by atoms with Gasteiger partial charge in [-0.3, -0.25) is 9.69 Å². The van der Waals surface area contributed by atoms with Crippen LogP contribution in [0.25, 0.3) is 0 Å². The molecule has 1 heterocycles. The van der Waals surface area contributed by atoms with E-state index in [1.54, 1.807) is 0 Å². The van der Waals surface area contributed by atoms with Crippen LogP contribution in [0.2, 0.25) is 0 Å². The maximum Gasteiger partial charge on any atom is 0.324 e. The van der Waals surface area contributed by atoms with Crippen LogP contribution in [0.4, 0.5) is 4.79 Å². The van der Waals surface area contributed by atoms with Gasteiger partial charge in [0.15, 0.2) is 0 Å². The zero-order chi connectivity index (χ0) is 13.1. The molecule has 2 fully saturated rings. The number of urea groups is 1. The first-order valence-corrected chi connectivity index (χ1v) is 6.95. The van der Waals surface area contributed by atoms with Crippen LogP contribution in [0.3, 0.4) is 0 Å². The van der Waals surface area contributed by atoms with Crippen LogP contribution in [0.15, 0.2) is 0 Å². The van der Waals surface area contributed by atoms with Crippen LogP contribution in [-0.4, -0.2) is 42.0 Å². The molecule has 0 radical (unpaired) electrons. The van der Waals surface area contributed by atoms with E-state index in [-0.39, 0.29) is 18.0 Å². The van der Waals surface area contributed by atoms with Gasteiger partial charge in [-0.25, -0.2) is 4.79 Å². The molecule has 1 aliphatic carbocycles. The third kappa shape index (κ3) is 2.83. The first-order valence-electron chi connectivity index (χ1n) is 6.95. The summed E-state index contributed by atoms with van der Waals surface area (Å²) in [5.74, 6) is 0.504. The molecule has 2 rings (SSSR count). The van der Waals surface area contributed by atoms with E-state index in [4.69, 9.17) is 0 Å². The van der Waals surface area contributed by atoms with Gasteiger partial charge in [-0.1, -0.05) is 19.8 Å². The van der Waals surface area contributed by atoms with Crippen LogP contribution in [0.1, 0.15) is 39.5 Å². The van der Waals surface area contributed by atoms with Crippen LogP contribution < -0.4 is 10.6 Å². The molecule has 1 aliphatic heterocycles. The molecule has 3 amide bonds. The van der Waals surface area contributed by atoms with Gasteiger partial charge in [0.25, 0.3) is 0 Å². The molecule has 2 N–H and O–H groups in total. The summed E-state index contributed by atoms with van der Waals surface area (Å²) in [6.07, 6.45) is 4.87. The maximum atomic E-state index is 12.1. The van der Waals surface area contributed by atoms with E-state index in [2.05, 4.69) is 17.6 Å². The Bertz CT molecular complexity index is 332. The summed E-state index contributed by atoms with van der Waals surface area (Å²) >= 11 is 0. The van der Waals surface area contributed by atoms with Gasteiger partial charge < -0.3 is 10.6 Å². The molecule has 1 saturated heterocycles. The molecule has 1 saturated carbocycles. The van der Waals surface area contributed by atoms with Crippen molar-refractivity contribution in [3.63, 3.8) is 0 Å². The second-order valence-corrected chi connectivity index (χ2v) is 5.48. The van der Waals surface area contributed by atoms with E-state index in [1.807, 2.05) is 6.92 Å². The molecule has 0 aromatic carbocycles. The standard InChI is InChI=1S/C13H23N3O2/c1-9-5-3-4-6-11(9)15-10(2)12(17)16-8-7-14-13(16)18/h9-11,15H,3-8H2,1-2H3,(H,14,18)/t9-,10-,11+/m0/s1. The largest absolute Gasteiger partial charge is 0.336 e. The Morgan fingerprint density at radius 3 is 2.78 bits per heavy atom. The van der Waals surface area contributed by atoms with Crippen LogP contribution >= 0.6 is 0 Å². The number of rotatable bonds is 3. The zero-order valence-electron chi connectivity index (χ0n) is 11.2. The lowest BCUT2D eigenvalue weighted by molar-refractivity contribution is -0.129. The number of hydrogen-bond donors (Lipinski definition) is 2. The molecule has 5 heteroatoms. The van der Waals surface area contributed by atoms with E-state index in [9.17, 15) is 9.59 Å². The highest BCUT2D eigenvalue weighted by molar-refractivity contribution is 5.98. The van der Waals surface area contributed by atoms with Crippen molar-refractivity contribution in [2.75, 3.05) is 13.1 Å². The van der Waals surface area contributed by atoms with Crippen molar-refractivity contribution in [1.82, 2.24) is 15.5 Å². The van der Waals surface area contributed by atoms with Crippen LogP contribution in [0, 0.1) is 5.92 Å². The normalized spacial score (nSPS) is 30.1. The molecule has 3 atom stereocenters. The number of carbonyl (C=O) groups excluding carboxylic acids is 2. The van der Waals surface area contributed by atoms with E-state index in [1.165, 1.54) is 24.2 Å². The van der Waals surface area contributed by atoms with Gasteiger partial charge in [0.2, 0.25) is 5.91 Å². The predicted octanol–water partition coefficient (Wildman–Crippen LogP) is 1.09. The minimum atomic E-state index is -0.278. The number of nitrogens with zero attached hydrogens (tertiary/aromatic N) is 1. The minimum absolute atomic E-state index is 0.109. The summed E-state index contributed by atoms with van der Waals surface area (Å²) < 4.78 is 0. The average Bonchev–Trinajstić information content (AvgIpc) is 2.77. The predicted molar refractivity (Wildman–Crippen MR) is 69.1 cm³/mol. The smallest absolute Gasteiger partial charge is 0.324 e. The second kappa shape index (κ2) is 5.69. The molecule has 5 nitrogen and oxygen atoms in total. The van der Waals surface area contributed by atoms with E-state index >= 15 is 0 Å². The topological polar surface area (TPSA) is 61.4 Å². The molecule has 0 bridgehead atoms. The highest BCUT2D eigenvalue weighted by Gasteiger charge is 2.31. The number of nitrogens with one attached hydrogen (secondary N) is 2. The highest BCUT2D eigenvalue weighted by atomic mass is 16.2.